The van der Waals surface area contributed by atoms with Crippen molar-refractivity contribution in [2.24, 2.45) is 29.1 Å². The van der Waals surface area contributed by atoms with Gasteiger partial charge in [0.25, 0.3) is 0 Å². The molecular weight excluding hydrogens is 352 g/mol. The average molecular weight is 387 g/mol. The minimum absolute atomic E-state index is 0.232. The third kappa shape index (κ3) is 2.34. The summed E-state index contributed by atoms with van der Waals surface area (Å²) in [5.74, 6) is 3.73. The SMILES string of the molecule is C#C[C@]1(O)CCC2C3CC=C4CC5(CCC4C3[C@](C)(O)C[C@@]21CC)OCCO5. The summed E-state index contributed by atoms with van der Waals surface area (Å²) in [6.45, 7) is 5.52. The van der Waals surface area contributed by atoms with Crippen molar-refractivity contribution in [3.8, 4) is 12.3 Å². The largest absolute Gasteiger partial charge is 0.390 e. The van der Waals surface area contributed by atoms with Crippen LogP contribution in [0.15, 0.2) is 11.6 Å². The summed E-state index contributed by atoms with van der Waals surface area (Å²) < 4.78 is 12.0. The van der Waals surface area contributed by atoms with Gasteiger partial charge in [-0.3, -0.25) is 0 Å². The molecule has 4 aliphatic carbocycles. The molecule has 1 spiro atoms. The number of rotatable bonds is 1. The van der Waals surface area contributed by atoms with E-state index in [0.717, 1.165) is 38.5 Å². The number of allylic oxidation sites excluding steroid dienone is 1. The van der Waals surface area contributed by atoms with E-state index in [0.29, 0.717) is 43.8 Å². The molecule has 4 unspecified atom stereocenters. The second-order valence-electron chi connectivity index (χ2n) is 10.3. The summed E-state index contributed by atoms with van der Waals surface area (Å²) in [7, 11) is 0. The molecule has 1 heterocycles. The number of fused-ring (bicyclic) bond motifs is 5. The fourth-order valence-electron chi connectivity index (χ4n) is 8.26. The molecule has 2 N–H and O–H groups in total. The number of hydrogen-bond acceptors (Lipinski definition) is 4. The summed E-state index contributed by atoms with van der Waals surface area (Å²) in [5.41, 5.74) is -0.860. The number of aliphatic hydroxyl groups is 2. The molecule has 5 rings (SSSR count). The lowest BCUT2D eigenvalue weighted by atomic mass is 9.45. The predicted molar refractivity (Wildman–Crippen MR) is 106 cm³/mol. The van der Waals surface area contributed by atoms with Crippen LogP contribution in [0.2, 0.25) is 0 Å². The van der Waals surface area contributed by atoms with E-state index >= 15 is 0 Å². The molecule has 28 heavy (non-hydrogen) atoms. The van der Waals surface area contributed by atoms with Crippen molar-refractivity contribution in [1.29, 1.82) is 0 Å². The molecular formula is C24H34O4. The summed E-state index contributed by atoms with van der Waals surface area (Å²) in [5, 5.41) is 23.1. The summed E-state index contributed by atoms with van der Waals surface area (Å²) in [6.07, 6.45) is 15.0. The lowest BCUT2D eigenvalue weighted by Gasteiger charge is -2.61. The zero-order chi connectivity index (χ0) is 19.8. The number of terminal acetylenes is 1. The quantitative estimate of drug-likeness (QED) is 0.536. The van der Waals surface area contributed by atoms with Crippen LogP contribution in [0.1, 0.15) is 65.2 Å². The molecule has 0 aromatic rings. The molecule has 4 heteroatoms. The van der Waals surface area contributed by atoms with E-state index in [4.69, 9.17) is 15.9 Å². The van der Waals surface area contributed by atoms with Gasteiger partial charge in [-0.1, -0.05) is 24.5 Å². The Bertz CT molecular complexity index is 727. The lowest BCUT2D eigenvalue weighted by Crippen LogP contribution is -2.62. The Balaban J connectivity index is 1.52. The molecule has 0 amide bonds. The average Bonchev–Trinajstić information content (AvgIpc) is 3.24. The second-order valence-corrected chi connectivity index (χ2v) is 10.3. The fraction of sp³-hybridized carbons (Fsp3) is 0.833. The zero-order valence-corrected chi connectivity index (χ0v) is 17.2. The van der Waals surface area contributed by atoms with Gasteiger partial charge in [0.05, 0.1) is 18.8 Å². The minimum Gasteiger partial charge on any atom is -0.390 e. The summed E-state index contributed by atoms with van der Waals surface area (Å²) in [6, 6.07) is 0. The van der Waals surface area contributed by atoms with Crippen molar-refractivity contribution >= 4 is 0 Å². The minimum atomic E-state index is -1.09. The normalized spacial score (nSPS) is 51.8. The van der Waals surface area contributed by atoms with Crippen LogP contribution < -0.4 is 0 Å². The highest BCUT2D eigenvalue weighted by Crippen LogP contribution is 2.68. The molecule has 4 fully saturated rings. The molecule has 5 aliphatic rings. The maximum atomic E-state index is 11.8. The zero-order valence-electron chi connectivity index (χ0n) is 17.2. The van der Waals surface area contributed by atoms with Gasteiger partial charge in [0.1, 0.15) is 5.60 Å². The van der Waals surface area contributed by atoms with Crippen LogP contribution in [0.3, 0.4) is 0 Å². The van der Waals surface area contributed by atoms with Gasteiger partial charge in [-0.05, 0) is 69.1 Å². The van der Waals surface area contributed by atoms with Crippen molar-refractivity contribution in [3.05, 3.63) is 11.6 Å². The highest BCUT2D eigenvalue weighted by Gasteiger charge is 2.68. The molecule has 4 nitrogen and oxygen atoms in total. The highest BCUT2D eigenvalue weighted by atomic mass is 16.7. The van der Waals surface area contributed by atoms with Crippen LogP contribution in [0.25, 0.3) is 0 Å². The molecule has 7 atom stereocenters. The first-order chi connectivity index (χ1) is 13.3. The van der Waals surface area contributed by atoms with E-state index in [1.54, 1.807) is 0 Å². The predicted octanol–water partition coefficient (Wildman–Crippen LogP) is 3.42. The Hall–Kier alpha value is -0.860. The Morgan fingerprint density at radius 1 is 1.21 bits per heavy atom. The molecule has 0 aromatic carbocycles. The van der Waals surface area contributed by atoms with Gasteiger partial charge < -0.3 is 19.7 Å². The number of ether oxygens (including phenoxy) is 2. The standard InChI is InChI=1S/C24H34O4/c1-4-22-15-21(3,25)20-17-8-11-24(27-12-13-28-24)14-16(17)6-7-18(20)19(22)9-10-23(22,26)5-2/h2,6,17-20,25-26H,4,7-15H2,1,3H3/t17?,18?,19?,20?,21-,22+,23+/m1/s1. The number of hydrogen-bond donors (Lipinski definition) is 2. The van der Waals surface area contributed by atoms with Gasteiger partial charge in [-0.15, -0.1) is 6.42 Å². The van der Waals surface area contributed by atoms with E-state index in [1.807, 2.05) is 6.92 Å². The smallest absolute Gasteiger partial charge is 0.172 e. The van der Waals surface area contributed by atoms with Gasteiger partial charge in [0.2, 0.25) is 0 Å². The molecule has 0 radical (unpaired) electrons. The van der Waals surface area contributed by atoms with Crippen LogP contribution >= 0.6 is 0 Å². The first-order valence-electron chi connectivity index (χ1n) is 11.2. The Morgan fingerprint density at radius 2 is 1.96 bits per heavy atom. The molecule has 0 bridgehead atoms. The van der Waals surface area contributed by atoms with Crippen LogP contribution in [0.5, 0.6) is 0 Å². The van der Waals surface area contributed by atoms with Gasteiger partial charge >= 0.3 is 0 Å². The summed E-state index contributed by atoms with van der Waals surface area (Å²) >= 11 is 0. The molecule has 0 aromatic heterocycles. The first-order valence-corrected chi connectivity index (χ1v) is 11.2. The Labute approximate surface area is 168 Å². The van der Waals surface area contributed by atoms with E-state index in [2.05, 4.69) is 18.9 Å². The Morgan fingerprint density at radius 3 is 2.64 bits per heavy atom. The van der Waals surface area contributed by atoms with Crippen LogP contribution in [-0.2, 0) is 9.47 Å². The third-order valence-corrected chi connectivity index (χ3v) is 9.28. The van der Waals surface area contributed by atoms with Crippen LogP contribution in [0, 0.1) is 41.4 Å². The maximum absolute atomic E-state index is 11.8. The van der Waals surface area contributed by atoms with Crippen molar-refractivity contribution in [2.75, 3.05) is 13.2 Å². The monoisotopic (exact) mass is 386 g/mol. The topological polar surface area (TPSA) is 58.9 Å². The third-order valence-electron chi connectivity index (χ3n) is 9.28. The van der Waals surface area contributed by atoms with Crippen LogP contribution in [0.4, 0.5) is 0 Å². The van der Waals surface area contributed by atoms with E-state index in [-0.39, 0.29) is 11.3 Å². The second kappa shape index (κ2) is 6.08. The van der Waals surface area contributed by atoms with Gasteiger partial charge in [0.15, 0.2) is 5.79 Å². The van der Waals surface area contributed by atoms with Gasteiger partial charge in [-0.2, -0.15) is 0 Å². The van der Waals surface area contributed by atoms with E-state index in [1.165, 1.54) is 5.57 Å². The molecule has 3 saturated carbocycles. The van der Waals surface area contributed by atoms with Crippen LogP contribution in [-0.4, -0.2) is 40.4 Å². The molecule has 1 aliphatic heterocycles. The van der Waals surface area contributed by atoms with Gasteiger partial charge in [0, 0.05) is 18.3 Å². The summed E-state index contributed by atoms with van der Waals surface area (Å²) in [4.78, 5) is 0. The van der Waals surface area contributed by atoms with E-state index < -0.39 is 17.0 Å². The van der Waals surface area contributed by atoms with Gasteiger partial charge in [-0.25, -0.2) is 0 Å². The highest BCUT2D eigenvalue weighted by molar-refractivity contribution is 5.30. The first kappa shape index (κ1) is 19.1. The van der Waals surface area contributed by atoms with Crippen molar-refractivity contribution < 1.29 is 19.7 Å². The molecule has 1 saturated heterocycles. The lowest BCUT2D eigenvalue weighted by molar-refractivity contribution is -0.205. The molecule has 154 valence electrons. The maximum Gasteiger partial charge on any atom is 0.172 e. The van der Waals surface area contributed by atoms with Crippen molar-refractivity contribution in [2.45, 2.75) is 82.2 Å². The van der Waals surface area contributed by atoms with Crippen molar-refractivity contribution in [1.82, 2.24) is 0 Å². The Kier molecular flexibility index (Phi) is 4.15. The van der Waals surface area contributed by atoms with E-state index in [9.17, 15) is 10.2 Å². The fourth-order valence-corrected chi connectivity index (χ4v) is 8.26. The van der Waals surface area contributed by atoms with Crippen molar-refractivity contribution in [3.63, 3.8) is 0 Å².